The molecule has 3 aromatic carbocycles. The Labute approximate surface area is 148 Å². The van der Waals surface area contributed by atoms with Gasteiger partial charge in [-0.2, -0.15) is 4.73 Å². The van der Waals surface area contributed by atoms with E-state index in [1.54, 1.807) is 6.20 Å². The van der Waals surface area contributed by atoms with Gasteiger partial charge >= 0.3 is 0 Å². The summed E-state index contributed by atoms with van der Waals surface area (Å²) in [4.78, 5) is 0. The smallest absolute Gasteiger partial charge is 0.231 e. The molecule has 116 valence electrons. The number of para-hydroxylation sites is 1. The van der Waals surface area contributed by atoms with Gasteiger partial charge in [-0.3, -0.25) is 0 Å². The fraction of sp³-hybridized carbons (Fsp3) is 0. The van der Waals surface area contributed by atoms with Crippen LogP contribution in [0.1, 0.15) is 0 Å². The second-order valence-corrected chi connectivity index (χ2v) is 6.59. The summed E-state index contributed by atoms with van der Waals surface area (Å²) in [5, 5.41) is 13.7. The largest absolute Gasteiger partial charge is 0.618 e. The molecule has 1 aromatic heterocycles. The number of hydrogen-bond donors (Lipinski definition) is 0. The SMILES string of the molecule is [O-][n+]1cc(-c2ccccc2)cc2cccc(-c3ccc(Br)cc3)c21. The van der Waals surface area contributed by atoms with Gasteiger partial charge in [0.1, 0.15) is 0 Å². The van der Waals surface area contributed by atoms with Crippen molar-refractivity contribution < 1.29 is 4.73 Å². The Hall–Kier alpha value is -2.65. The second kappa shape index (κ2) is 6.10. The highest BCUT2D eigenvalue weighted by atomic mass is 79.9. The predicted molar refractivity (Wildman–Crippen MR) is 101 cm³/mol. The van der Waals surface area contributed by atoms with Crippen LogP contribution < -0.4 is 4.73 Å². The maximum atomic E-state index is 12.7. The van der Waals surface area contributed by atoms with Gasteiger partial charge < -0.3 is 5.21 Å². The molecule has 2 nitrogen and oxygen atoms in total. The summed E-state index contributed by atoms with van der Waals surface area (Å²) in [6.07, 6.45) is 1.65. The fourth-order valence-corrected chi connectivity index (χ4v) is 3.23. The van der Waals surface area contributed by atoms with Crippen molar-refractivity contribution in [1.82, 2.24) is 0 Å². The molecule has 0 atom stereocenters. The standard InChI is InChI=1S/C21H14BrNO/c22-19-11-9-16(10-12-19)20-8-4-7-17-13-18(14-23(24)21(17)20)15-5-2-1-3-6-15/h1-14H. The highest BCUT2D eigenvalue weighted by Gasteiger charge is 2.14. The maximum absolute atomic E-state index is 12.7. The van der Waals surface area contributed by atoms with Gasteiger partial charge in [0.15, 0.2) is 6.20 Å². The first-order valence-corrected chi connectivity index (χ1v) is 8.49. The minimum absolute atomic E-state index is 0.694. The zero-order valence-corrected chi connectivity index (χ0v) is 14.4. The van der Waals surface area contributed by atoms with Crippen LogP contribution in [0.2, 0.25) is 0 Å². The third-order valence-corrected chi connectivity index (χ3v) is 4.65. The molecule has 0 saturated heterocycles. The number of nitrogens with zero attached hydrogens (tertiary/aromatic N) is 1. The Bertz CT molecular complexity index is 1010. The number of benzene rings is 3. The van der Waals surface area contributed by atoms with Crippen LogP contribution >= 0.6 is 15.9 Å². The molecule has 0 unspecified atom stereocenters. The molecule has 0 saturated carbocycles. The van der Waals surface area contributed by atoms with E-state index in [1.807, 2.05) is 72.8 Å². The van der Waals surface area contributed by atoms with Crippen LogP contribution in [0.3, 0.4) is 0 Å². The van der Waals surface area contributed by atoms with Crippen LogP contribution in [0.5, 0.6) is 0 Å². The van der Waals surface area contributed by atoms with Crippen LogP contribution in [0.15, 0.2) is 89.5 Å². The molecular formula is C21H14BrNO. The first-order valence-electron chi connectivity index (χ1n) is 7.70. The minimum atomic E-state index is 0.694. The second-order valence-electron chi connectivity index (χ2n) is 5.67. The third kappa shape index (κ3) is 2.68. The first kappa shape index (κ1) is 14.9. The van der Waals surface area contributed by atoms with Crippen molar-refractivity contribution in [2.75, 3.05) is 0 Å². The number of halogens is 1. The lowest BCUT2D eigenvalue weighted by Crippen LogP contribution is -2.27. The van der Waals surface area contributed by atoms with Gasteiger partial charge in [0.25, 0.3) is 0 Å². The van der Waals surface area contributed by atoms with Gasteiger partial charge in [-0.25, -0.2) is 0 Å². The molecule has 0 aliphatic heterocycles. The van der Waals surface area contributed by atoms with E-state index in [9.17, 15) is 5.21 Å². The molecule has 3 heteroatoms. The van der Waals surface area contributed by atoms with E-state index in [-0.39, 0.29) is 0 Å². The predicted octanol–water partition coefficient (Wildman–Crippen LogP) is 5.57. The number of fused-ring (bicyclic) bond motifs is 1. The molecule has 0 aliphatic rings. The summed E-state index contributed by atoms with van der Waals surface area (Å²) in [7, 11) is 0. The van der Waals surface area contributed by atoms with Gasteiger partial charge in [0, 0.05) is 15.4 Å². The summed E-state index contributed by atoms with van der Waals surface area (Å²) >= 11 is 3.45. The van der Waals surface area contributed by atoms with Crippen LogP contribution in [0, 0.1) is 5.21 Å². The van der Waals surface area contributed by atoms with Crippen LogP contribution in [0.4, 0.5) is 0 Å². The molecule has 4 rings (SSSR count). The number of hydrogen-bond acceptors (Lipinski definition) is 1. The van der Waals surface area contributed by atoms with Gasteiger partial charge in [0.2, 0.25) is 5.52 Å². The molecular weight excluding hydrogens is 362 g/mol. The van der Waals surface area contributed by atoms with E-state index in [0.29, 0.717) is 5.52 Å². The highest BCUT2D eigenvalue weighted by Crippen LogP contribution is 2.29. The van der Waals surface area contributed by atoms with Gasteiger partial charge in [-0.1, -0.05) is 64.5 Å². The minimum Gasteiger partial charge on any atom is -0.618 e. The molecule has 0 fully saturated rings. The van der Waals surface area contributed by atoms with Crippen LogP contribution in [0.25, 0.3) is 33.2 Å². The molecule has 0 aliphatic carbocycles. The maximum Gasteiger partial charge on any atom is 0.231 e. The lowest BCUT2D eigenvalue weighted by molar-refractivity contribution is -0.576. The van der Waals surface area contributed by atoms with E-state index < -0.39 is 0 Å². The molecule has 0 radical (unpaired) electrons. The number of pyridine rings is 1. The van der Waals surface area contributed by atoms with E-state index in [0.717, 1.165) is 36.8 Å². The Morgan fingerprint density at radius 2 is 1.46 bits per heavy atom. The van der Waals surface area contributed by atoms with Crippen molar-refractivity contribution in [2.45, 2.75) is 0 Å². The van der Waals surface area contributed by atoms with E-state index in [4.69, 9.17) is 0 Å². The number of rotatable bonds is 2. The van der Waals surface area contributed by atoms with E-state index in [2.05, 4.69) is 22.0 Å². The average Bonchev–Trinajstić information content (AvgIpc) is 2.62. The Morgan fingerprint density at radius 3 is 2.21 bits per heavy atom. The van der Waals surface area contributed by atoms with Crippen molar-refractivity contribution in [3.8, 4) is 22.3 Å². The van der Waals surface area contributed by atoms with Crippen molar-refractivity contribution in [3.05, 3.63) is 94.7 Å². The average molecular weight is 376 g/mol. The lowest BCUT2D eigenvalue weighted by Gasteiger charge is -2.10. The summed E-state index contributed by atoms with van der Waals surface area (Å²) in [6, 6.07) is 26.0. The quantitative estimate of drug-likeness (QED) is 0.332. The van der Waals surface area contributed by atoms with Gasteiger partial charge in [0.05, 0.1) is 5.56 Å². The summed E-state index contributed by atoms with van der Waals surface area (Å²) in [6.45, 7) is 0. The van der Waals surface area contributed by atoms with Crippen molar-refractivity contribution in [3.63, 3.8) is 0 Å². The molecule has 24 heavy (non-hydrogen) atoms. The first-order chi connectivity index (χ1) is 11.7. The molecule has 0 bridgehead atoms. The molecule has 0 N–H and O–H groups in total. The Morgan fingerprint density at radius 1 is 0.708 bits per heavy atom. The van der Waals surface area contributed by atoms with Crippen molar-refractivity contribution >= 4 is 26.8 Å². The molecule has 1 heterocycles. The summed E-state index contributed by atoms with van der Waals surface area (Å²) in [5.74, 6) is 0. The zero-order valence-electron chi connectivity index (χ0n) is 12.8. The van der Waals surface area contributed by atoms with Gasteiger partial charge in [-0.15, -0.1) is 0 Å². The zero-order chi connectivity index (χ0) is 16.5. The van der Waals surface area contributed by atoms with Crippen LogP contribution in [-0.2, 0) is 0 Å². The normalized spacial score (nSPS) is 10.9. The third-order valence-electron chi connectivity index (χ3n) is 4.12. The van der Waals surface area contributed by atoms with Crippen molar-refractivity contribution in [1.29, 1.82) is 0 Å². The lowest BCUT2D eigenvalue weighted by atomic mass is 9.99. The Balaban J connectivity index is 1.94. The topological polar surface area (TPSA) is 26.9 Å². The van der Waals surface area contributed by atoms with Crippen LogP contribution in [-0.4, -0.2) is 0 Å². The Kier molecular flexibility index (Phi) is 3.79. The van der Waals surface area contributed by atoms with E-state index >= 15 is 0 Å². The monoisotopic (exact) mass is 375 g/mol. The number of aromatic nitrogens is 1. The van der Waals surface area contributed by atoms with Crippen molar-refractivity contribution in [2.24, 2.45) is 0 Å². The fourth-order valence-electron chi connectivity index (χ4n) is 2.97. The van der Waals surface area contributed by atoms with Gasteiger partial charge in [-0.05, 0) is 41.5 Å². The molecule has 0 amide bonds. The highest BCUT2D eigenvalue weighted by molar-refractivity contribution is 9.10. The molecule has 4 aromatic rings. The van der Waals surface area contributed by atoms with E-state index in [1.165, 1.54) is 0 Å². The molecule has 0 spiro atoms. The summed E-state index contributed by atoms with van der Waals surface area (Å²) in [5.41, 5.74) is 4.62. The summed E-state index contributed by atoms with van der Waals surface area (Å²) < 4.78 is 2.00.